The zero-order valence-corrected chi connectivity index (χ0v) is 23.1. The van der Waals surface area contributed by atoms with Crippen LogP contribution in [-0.4, -0.2) is 36.6 Å². The van der Waals surface area contributed by atoms with E-state index in [2.05, 4.69) is 48.0 Å². The van der Waals surface area contributed by atoms with E-state index in [1.807, 2.05) is 12.1 Å². The molecule has 0 bridgehead atoms. The molecule has 10 heteroatoms. The van der Waals surface area contributed by atoms with E-state index in [-0.39, 0.29) is 11.3 Å². The van der Waals surface area contributed by atoms with Crippen molar-refractivity contribution < 1.29 is 32.6 Å². The highest BCUT2D eigenvalue weighted by atomic mass is 19.4. The largest absolute Gasteiger partial charge is 0.573 e. The highest BCUT2D eigenvalue weighted by Gasteiger charge is 2.31. The smallest absolute Gasteiger partial charge is 0.478 e. The van der Waals surface area contributed by atoms with Gasteiger partial charge in [0.2, 0.25) is 0 Å². The Kier molecular flexibility index (Phi) is 9.68. The third-order valence-electron chi connectivity index (χ3n) is 5.90. The lowest BCUT2D eigenvalue weighted by molar-refractivity contribution is -0.274. The Balaban J connectivity index is 1.99. The molecule has 3 rings (SSSR count). The molecule has 0 saturated carbocycles. The van der Waals surface area contributed by atoms with E-state index in [1.54, 1.807) is 31.2 Å². The quantitative estimate of drug-likeness (QED) is 0.235. The summed E-state index contributed by atoms with van der Waals surface area (Å²) in [4.78, 5) is 27.3. The minimum Gasteiger partial charge on any atom is -0.478 e. The van der Waals surface area contributed by atoms with Crippen LogP contribution in [0.4, 0.5) is 35.0 Å². The summed E-state index contributed by atoms with van der Waals surface area (Å²) >= 11 is 0. The molecule has 3 aromatic rings. The van der Waals surface area contributed by atoms with Gasteiger partial charge in [0.25, 0.3) is 0 Å². The topological polar surface area (TPSA) is 90.9 Å². The summed E-state index contributed by atoms with van der Waals surface area (Å²) in [6.07, 6.45) is -4.82. The van der Waals surface area contributed by atoms with E-state index < -0.39 is 24.1 Å². The Morgan fingerprint density at radius 2 is 1.55 bits per heavy atom. The summed E-state index contributed by atoms with van der Waals surface area (Å²) in [7, 11) is 0. The van der Waals surface area contributed by atoms with Crippen LogP contribution in [0.5, 0.6) is 5.75 Å². The molecule has 40 heavy (non-hydrogen) atoms. The highest BCUT2D eigenvalue weighted by molar-refractivity contribution is 6.03. The Labute approximate surface area is 232 Å². The van der Waals surface area contributed by atoms with Crippen LogP contribution in [0.15, 0.2) is 60.7 Å². The van der Waals surface area contributed by atoms with Crippen molar-refractivity contribution in [1.82, 2.24) is 0 Å². The Hall–Kier alpha value is -4.21. The monoisotopic (exact) mass is 557 g/mol. The third-order valence-corrected chi connectivity index (χ3v) is 5.90. The van der Waals surface area contributed by atoms with Gasteiger partial charge in [0.05, 0.1) is 16.9 Å². The first-order chi connectivity index (χ1) is 18.7. The highest BCUT2D eigenvalue weighted by Crippen LogP contribution is 2.35. The molecule has 2 amide bonds. The van der Waals surface area contributed by atoms with Crippen LogP contribution in [0.1, 0.15) is 43.6 Å². The minimum atomic E-state index is -4.82. The van der Waals surface area contributed by atoms with Gasteiger partial charge in [-0.15, -0.1) is 13.2 Å². The summed E-state index contributed by atoms with van der Waals surface area (Å²) < 4.78 is 41.3. The van der Waals surface area contributed by atoms with Crippen LogP contribution in [0.25, 0.3) is 11.1 Å². The molecule has 3 aromatic carbocycles. The number of amides is 2. The molecule has 0 saturated heterocycles. The van der Waals surface area contributed by atoms with Crippen LogP contribution in [-0.2, 0) is 0 Å². The Morgan fingerprint density at radius 1 is 0.925 bits per heavy atom. The van der Waals surface area contributed by atoms with Crippen molar-refractivity contribution in [3.8, 4) is 16.9 Å². The number of carboxylic acids is 1. The van der Waals surface area contributed by atoms with E-state index in [4.69, 9.17) is 0 Å². The number of benzene rings is 3. The van der Waals surface area contributed by atoms with Crippen LogP contribution >= 0.6 is 0 Å². The number of nitrogens with zero attached hydrogens (tertiary/aromatic N) is 1. The molecule has 0 atom stereocenters. The fraction of sp³-hybridized carbons (Fsp3) is 0.333. The zero-order valence-electron chi connectivity index (χ0n) is 23.1. The molecule has 0 aromatic heterocycles. The molecule has 3 N–H and O–H groups in total. The lowest BCUT2D eigenvalue weighted by atomic mass is 9.95. The normalized spacial score (nSPS) is 11.4. The molecule has 7 nitrogen and oxygen atoms in total. The van der Waals surface area contributed by atoms with Crippen LogP contribution in [0.3, 0.4) is 0 Å². The molecular formula is C30H34F3N3O4. The minimum absolute atomic E-state index is 0.174. The maximum atomic E-state index is 13.0. The average Bonchev–Trinajstić information content (AvgIpc) is 2.83. The fourth-order valence-electron chi connectivity index (χ4n) is 4.45. The van der Waals surface area contributed by atoms with Crippen molar-refractivity contribution in [2.24, 2.45) is 11.8 Å². The number of nitrogens with one attached hydrogen (secondary N) is 2. The number of aryl methyl sites for hydroxylation is 1. The van der Waals surface area contributed by atoms with Gasteiger partial charge in [0.15, 0.2) is 0 Å². The van der Waals surface area contributed by atoms with Crippen molar-refractivity contribution in [3.05, 3.63) is 71.8 Å². The summed E-state index contributed by atoms with van der Waals surface area (Å²) in [5, 5.41) is 15.3. The molecule has 0 unspecified atom stereocenters. The number of carbonyl (C=O) groups is 2. The summed E-state index contributed by atoms with van der Waals surface area (Å²) in [5.74, 6) is -0.802. The number of rotatable bonds is 10. The summed E-state index contributed by atoms with van der Waals surface area (Å²) in [5.41, 5.74) is 3.40. The average molecular weight is 558 g/mol. The number of alkyl halides is 3. The molecular weight excluding hydrogens is 523 g/mol. The molecule has 0 aliphatic rings. The maximum absolute atomic E-state index is 13.0. The lowest BCUT2D eigenvalue weighted by Gasteiger charge is -2.31. The first kappa shape index (κ1) is 30.3. The van der Waals surface area contributed by atoms with Gasteiger partial charge in [-0.05, 0) is 71.8 Å². The van der Waals surface area contributed by atoms with Gasteiger partial charge in [-0.3, -0.25) is 0 Å². The van der Waals surface area contributed by atoms with Crippen LogP contribution in [0, 0.1) is 18.8 Å². The zero-order chi connectivity index (χ0) is 29.6. The van der Waals surface area contributed by atoms with Gasteiger partial charge in [0, 0.05) is 18.8 Å². The van der Waals surface area contributed by atoms with Gasteiger partial charge in [-0.2, -0.15) is 0 Å². The predicted molar refractivity (Wildman–Crippen MR) is 151 cm³/mol. The molecule has 0 fully saturated rings. The molecule has 214 valence electrons. The molecule has 0 aliphatic heterocycles. The molecule has 0 aliphatic carbocycles. The number of aromatic carboxylic acids is 1. The van der Waals surface area contributed by atoms with Crippen molar-refractivity contribution >= 4 is 29.1 Å². The van der Waals surface area contributed by atoms with Crippen LogP contribution in [0.2, 0.25) is 0 Å². The lowest BCUT2D eigenvalue weighted by Crippen LogP contribution is -2.32. The van der Waals surface area contributed by atoms with E-state index in [1.165, 1.54) is 12.1 Å². The van der Waals surface area contributed by atoms with E-state index in [0.717, 1.165) is 30.9 Å². The second-order valence-corrected chi connectivity index (χ2v) is 10.4. The number of anilines is 3. The van der Waals surface area contributed by atoms with Gasteiger partial charge in [-0.25, -0.2) is 9.59 Å². The van der Waals surface area contributed by atoms with Gasteiger partial charge < -0.3 is 25.4 Å². The number of hydrogen-bond donors (Lipinski definition) is 3. The number of carbonyl (C=O) groups excluding carboxylic acids is 1. The van der Waals surface area contributed by atoms with Crippen LogP contribution < -0.4 is 20.3 Å². The van der Waals surface area contributed by atoms with Crippen molar-refractivity contribution in [1.29, 1.82) is 0 Å². The Bertz CT molecular complexity index is 1330. The van der Waals surface area contributed by atoms with Crippen molar-refractivity contribution in [3.63, 3.8) is 0 Å². The third kappa shape index (κ3) is 8.39. The maximum Gasteiger partial charge on any atom is 0.573 e. The number of urea groups is 1. The predicted octanol–water partition coefficient (Wildman–Crippen LogP) is 8.02. The number of carboxylic acid groups (broad SMARTS) is 1. The summed E-state index contributed by atoms with van der Waals surface area (Å²) in [6, 6.07) is 14.9. The van der Waals surface area contributed by atoms with Gasteiger partial charge >= 0.3 is 18.4 Å². The number of hydrogen-bond acceptors (Lipinski definition) is 4. The van der Waals surface area contributed by atoms with E-state index >= 15 is 0 Å². The van der Waals surface area contributed by atoms with Crippen molar-refractivity contribution in [2.45, 2.75) is 41.0 Å². The number of halogens is 3. The molecule has 0 heterocycles. The molecule has 0 spiro atoms. The molecule has 0 radical (unpaired) electrons. The van der Waals surface area contributed by atoms with E-state index in [9.17, 15) is 27.9 Å². The first-order valence-electron chi connectivity index (χ1n) is 12.9. The van der Waals surface area contributed by atoms with Gasteiger partial charge in [-0.1, -0.05) is 52.0 Å². The first-order valence-corrected chi connectivity index (χ1v) is 12.9. The second-order valence-electron chi connectivity index (χ2n) is 10.4. The summed E-state index contributed by atoms with van der Waals surface area (Å²) in [6.45, 7) is 11.6. The Morgan fingerprint density at radius 3 is 2.10 bits per heavy atom. The van der Waals surface area contributed by atoms with Gasteiger partial charge in [0.1, 0.15) is 5.75 Å². The fourth-order valence-corrected chi connectivity index (χ4v) is 4.45. The standard InChI is InChI=1S/C30H34F3N3O4/c1-18(2)16-36(17-19(3)4)26-14-9-21(24-8-6-7-20(5)27(24)28(37)38)15-25(26)35-29(39)34-22-10-12-23(13-11-22)40-30(31,32)33/h6-15,18-19H,16-17H2,1-5H3,(H,37,38)(H2,34,35,39). The van der Waals surface area contributed by atoms with E-state index in [0.29, 0.717) is 34.2 Å². The number of ether oxygens (including phenoxy) is 1. The second kappa shape index (κ2) is 12.8. The van der Waals surface area contributed by atoms with Crippen molar-refractivity contribution in [2.75, 3.05) is 28.6 Å². The SMILES string of the molecule is Cc1cccc(-c2ccc(N(CC(C)C)CC(C)C)c(NC(=O)Nc3ccc(OC(F)(F)F)cc3)c2)c1C(=O)O.